The first-order valence-electron chi connectivity index (χ1n) is 7.64. The maximum absolute atomic E-state index is 12.3. The second-order valence-corrected chi connectivity index (χ2v) is 8.09. The van der Waals surface area contributed by atoms with Gasteiger partial charge in [0.05, 0.1) is 5.37 Å². The molecule has 1 aliphatic rings. The number of hydrogen-bond donors (Lipinski definition) is 5. The van der Waals surface area contributed by atoms with Crippen molar-refractivity contribution in [2.45, 2.75) is 42.1 Å². The van der Waals surface area contributed by atoms with Crippen LogP contribution in [0.3, 0.4) is 0 Å². The highest BCUT2D eigenvalue weighted by atomic mass is 32.2. The number of benzene rings is 1. The van der Waals surface area contributed by atoms with E-state index in [4.69, 9.17) is 5.73 Å². The Morgan fingerprint density at radius 3 is 2.32 bits per heavy atom. The average Bonchev–Trinajstić information content (AvgIpc) is 2.87. The van der Waals surface area contributed by atoms with Crippen molar-refractivity contribution >= 4 is 29.6 Å². The zero-order valence-electron chi connectivity index (χ0n) is 13.8. The summed E-state index contributed by atoms with van der Waals surface area (Å²) in [5.74, 6) is -2.98. The monoisotopic (exact) mass is 367 g/mol. The average molecular weight is 367 g/mol. The Hall–Kier alpha value is -2.10. The number of aliphatic carboxylic acids is 2. The third-order valence-electron chi connectivity index (χ3n) is 4.01. The summed E-state index contributed by atoms with van der Waals surface area (Å²) in [6, 6.07) is 5.33. The van der Waals surface area contributed by atoms with Gasteiger partial charge in [0.25, 0.3) is 0 Å². The lowest BCUT2D eigenvalue weighted by atomic mass is 10.0. The third-order valence-corrected chi connectivity index (χ3v) is 5.52. The normalized spacial score (nSPS) is 24.3. The van der Waals surface area contributed by atoms with Crippen molar-refractivity contribution < 1.29 is 24.6 Å². The quantitative estimate of drug-likeness (QED) is 0.478. The predicted molar refractivity (Wildman–Crippen MR) is 93.0 cm³/mol. The van der Waals surface area contributed by atoms with E-state index in [1.54, 1.807) is 44.2 Å². The number of carboxylic acid groups (broad SMARTS) is 2. The molecule has 0 aliphatic carbocycles. The molecule has 1 aromatic carbocycles. The molecule has 4 atom stereocenters. The Labute approximate surface area is 149 Å². The van der Waals surface area contributed by atoms with Gasteiger partial charge in [0.15, 0.2) is 6.04 Å². The van der Waals surface area contributed by atoms with E-state index in [0.717, 1.165) is 11.8 Å². The van der Waals surface area contributed by atoms with Gasteiger partial charge in [0.2, 0.25) is 5.91 Å². The number of rotatable bonds is 6. The summed E-state index contributed by atoms with van der Waals surface area (Å²) in [6.07, 6.45) is 0. The zero-order valence-corrected chi connectivity index (χ0v) is 14.6. The van der Waals surface area contributed by atoms with Crippen molar-refractivity contribution in [3.8, 4) is 0 Å². The molecule has 8 nitrogen and oxygen atoms in total. The second-order valence-electron chi connectivity index (χ2n) is 6.29. The molecular weight excluding hydrogens is 346 g/mol. The lowest BCUT2D eigenvalue weighted by Crippen LogP contribution is -2.55. The first kappa shape index (κ1) is 19.2. The highest BCUT2D eigenvalue weighted by molar-refractivity contribution is 8.01. The third kappa shape index (κ3) is 4.30. The van der Waals surface area contributed by atoms with Gasteiger partial charge < -0.3 is 21.3 Å². The molecule has 0 bridgehead atoms. The molecule has 3 unspecified atom stereocenters. The fourth-order valence-electron chi connectivity index (χ4n) is 2.65. The van der Waals surface area contributed by atoms with Gasteiger partial charge >= 0.3 is 11.9 Å². The van der Waals surface area contributed by atoms with Crippen LogP contribution in [-0.2, 0) is 14.4 Å². The first-order valence-corrected chi connectivity index (χ1v) is 8.52. The van der Waals surface area contributed by atoms with Gasteiger partial charge in [-0.2, -0.15) is 0 Å². The Morgan fingerprint density at radius 1 is 1.24 bits per heavy atom. The van der Waals surface area contributed by atoms with Crippen molar-refractivity contribution in [1.82, 2.24) is 10.6 Å². The molecule has 0 spiro atoms. The summed E-state index contributed by atoms with van der Waals surface area (Å²) >= 11 is 1.16. The molecule has 1 heterocycles. The molecule has 6 N–H and O–H groups in total. The van der Waals surface area contributed by atoms with E-state index < -0.39 is 46.1 Å². The molecular formula is C16H21N3O5S. The van der Waals surface area contributed by atoms with Crippen LogP contribution in [0.1, 0.15) is 25.5 Å². The largest absolute Gasteiger partial charge is 0.480 e. The Bertz CT molecular complexity index is 667. The van der Waals surface area contributed by atoms with Gasteiger partial charge in [0.1, 0.15) is 12.1 Å². The van der Waals surface area contributed by atoms with Crippen LogP contribution in [0.4, 0.5) is 0 Å². The summed E-state index contributed by atoms with van der Waals surface area (Å²) in [5.41, 5.74) is 6.44. The summed E-state index contributed by atoms with van der Waals surface area (Å²) < 4.78 is -0.726. The number of nitrogens with two attached hydrogens (primary N) is 1. The Kier molecular flexibility index (Phi) is 5.71. The maximum atomic E-state index is 12.3. The molecule has 0 aromatic heterocycles. The summed E-state index contributed by atoms with van der Waals surface area (Å²) in [7, 11) is 0. The van der Waals surface area contributed by atoms with Crippen LogP contribution in [0.2, 0.25) is 0 Å². The van der Waals surface area contributed by atoms with Gasteiger partial charge in [-0.1, -0.05) is 30.3 Å². The SMILES string of the molecule is CC1(C)SC(C(NC(=O)[C@@H](N)c2ccccc2)C(=O)O)NC1C(=O)O. The number of amides is 1. The van der Waals surface area contributed by atoms with Crippen molar-refractivity contribution in [2.75, 3.05) is 0 Å². The van der Waals surface area contributed by atoms with E-state index in [-0.39, 0.29) is 0 Å². The topological polar surface area (TPSA) is 142 Å². The summed E-state index contributed by atoms with van der Waals surface area (Å²) in [4.78, 5) is 35.3. The van der Waals surface area contributed by atoms with Crippen LogP contribution >= 0.6 is 11.8 Å². The molecule has 25 heavy (non-hydrogen) atoms. The fraction of sp³-hybridized carbons (Fsp3) is 0.438. The molecule has 0 saturated carbocycles. The molecule has 9 heteroatoms. The van der Waals surface area contributed by atoms with E-state index in [9.17, 15) is 24.6 Å². The zero-order chi connectivity index (χ0) is 18.8. The minimum Gasteiger partial charge on any atom is -0.480 e. The van der Waals surface area contributed by atoms with E-state index in [1.807, 2.05) is 0 Å². The first-order chi connectivity index (χ1) is 11.6. The summed E-state index contributed by atoms with van der Waals surface area (Å²) in [5, 5.41) is 23.1. The highest BCUT2D eigenvalue weighted by Crippen LogP contribution is 2.39. The molecule has 1 aliphatic heterocycles. The molecule has 1 aromatic rings. The van der Waals surface area contributed by atoms with E-state index in [0.29, 0.717) is 5.56 Å². The van der Waals surface area contributed by atoms with Crippen LogP contribution in [0.15, 0.2) is 30.3 Å². The second kappa shape index (κ2) is 7.42. The van der Waals surface area contributed by atoms with E-state index in [1.165, 1.54) is 0 Å². The van der Waals surface area contributed by atoms with Gasteiger partial charge in [-0.3, -0.25) is 14.9 Å². The molecule has 1 fully saturated rings. The van der Waals surface area contributed by atoms with E-state index >= 15 is 0 Å². The minimum atomic E-state index is -1.31. The Balaban J connectivity index is 2.13. The number of thioether (sulfide) groups is 1. The molecule has 0 radical (unpaired) electrons. The molecule has 136 valence electrons. The van der Waals surface area contributed by atoms with Gasteiger partial charge in [0, 0.05) is 4.75 Å². The Morgan fingerprint density at radius 2 is 1.84 bits per heavy atom. The minimum absolute atomic E-state index is 0.555. The van der Waals surface area contributed by atoms with Gasteiger partial charge in [-0.15, -0.1) is 11.8 Å². The van der Waals surface area contributed by atoms with Gasteiger partial charge in [-0.25, -0.2) is 4.79 Å². The van der Waals surface area contributed by atoms with Crippen LogP contribution in [0.25, 0.3) is 0 Å². The molecule has 1 saturated heterocycles. The molecule has 1 amide bonds. The fourth-order valence-corrected chi connectivity index (χ4v) is 4.13. The van der Waals surface area contributed by atoms with Crippen LogP contribution in [0.5, 0.6) is 0 Å². The van der Waals surface area contributed by atoms with E-state index in [2.05, 4.69) is 10.6 Å². The van der Waals surface area contributed by atoms with Crippen molar-refractivity contribution in [3.63, 3.8) is 0 Å². The van der Waals surface area contributed by atoms with Crippen molar-refractivity contribution in [2.24, 2.45) is 5.73 Å². The van der Waals surface area contributed by atoms with Crippen LogP contribution in [0, 0.1) is 0 Å². The summed E-state index contributed by atoms with van der Waals surface area (Å²) in [6.45, 7) is 3.42. The maximum Gasteiger partial charge on any atom is 0.328 e. The number of nitrogens with one attached hydrogen (secondary N) is 2. The van der Waals surface area contributed by atoms with Crippen LogP contribution < -0.4 is 16.4 Å². The molecule has 2 rings (SSSR count). The smallest absolute Gasteiger partial charge is 0.328 e. The highest BCUT2D eigenvalue weighted by Gasteiger charge is 2.49. The number of carbonyl (C=O) groups excluding carboxylic acids is 1. The standard InChI is InChI=1S/C16H21N3O5S/c1-16(2)11(15(23)24)19-13(25-16)10(14(21)22)18-12(20)9(17)8-6-4-3-5-7-8/h3-7,9-11,13,19H,17H2,1-2H3,(H,18,20)(H,21,22)(H,23,24)/t9-,10?,11?,13?/m0/s1. The van der Waals surface area contributed by atoms with Crippen molar-refractivity contribution in [1.29, 1.82) is 0 Å². The number of carboxylic acids is 2. The van der Waals surface area contributed by atoms with Crippen LogP contribution in [-0.4, -0.2) is 50.3 Å². The lowest BCUT2D eigenvalue weighted by Gasteiger charge is -2.23. The number of carbonyl (C=O) groups is 3. The van der Waals surface area contributed by atoms with Crippen molar-refractivity contribution in [3.05, 3.63) is 35.9 Å². The predicted octanol–water partition coefficient (Wildman–Crippen LogP) is 0.150. The number of hydrogen-bond acceptors (Lipinski definition) is 6. The van der Waals surface area contributed by atoms with Gasteiger partial charge in [-0.05, 0) is 19.4 Å². The lowest BCUT2D eigenvalue weighted by molar-refractivity contribution is -0.143.